The highest BCUT2D eigenvalue weighted by Crippen LogP contribution is 2.25. The third kappa shape index (κ3) is 3.02. The molecule has 1 heterocycles. The van der Waals surface area contributed by atoms with Crippen LogP contribution < -0.4 is 4.74 Å². The SMILES string of the molecule is COc1nc(C)ccc1CC(C)(C)C. The maximum atomic E-state index is 5.26. The first kappa shape index (κ1) is 11.0. The summed E-state index contributed by atoms with van der Waals surface area (Å²) in [7, 11) is 1.67. The Bertz CT molecular complexity index is 313. The van der Waals surface area contributed by atoms with Crippen molar-refractivity contribution in [2.45, 2.75) is 34.1 Å². The highest BCUT2D eigenvalue weighted by Gasteiger charge is 2.15. The molecule has 78 valence electrons. The molecule has 1 rings (SSSR count). The maximum Gasteiger partial charge on any atom is 0.216 e. The molecule has 0 radical (unpaired) electrons. The summed E-state index contributed by atoms with van der Waals surface area (Å²) in [5.74, 6) is 0.764. The van der Waals surface area contributed by atoms with Crippen molar-refractivity contribution in [3.63, 3.8) is 0 Å². The summed E-state index contributed by atoms with van der Waals surface area (Å²) in [6.45, 7) is 8.62. The molecule has 2 nitrogen and oxygen atoms in total. The molecule has 0 fully saturated rings. The van der Waals surface area contributed by atoms with Gasteiger partial charge in [0.05, 0.1) is 7.11 Å². The number of ether oxygens (including phenoxy) is 1. The molecule has 14 heavy (non-hydrogen) atoms. The van der Waals surface area contributed by atoms with Gasteiger partial charge in [-0.2, -0.15) is 0 Å². The largest absolute Gasteiger partial charge is 0.481 e. The Hall–Kier alpha value is -1.05. The molecule has 0 aliphatic rings. The molecule has 1 aromatic heterocycles. The van der Waals surface area contributed by atoms with Crippen LogP contribution in [0, 0.1) is 12.3 Å². The minimum Gasteiger partial charge on any atom is -0.481 e. The van der Waals surface area contributed by atoms with Crippen molar-refractivity contribution in [3.05, 3.63) is 23.4 Å². The normalized spacial score (nSPS) is 11.5. The number of hydrogen-bond donors (Lipinski definition) is 0. The van der Waals surface area contributed by atoms with E-state index in [0.29, 0.717) is 0 Å². The fraction of sp³-hybridized carbons (Fsp3) is 0.583. The molecule has 1 aromatic rings. The smallest absolute Gasteiger partial charge is 0.216 e. The summed E-state index contributed by atoms with van der Waals surface area (Å²) in [6.07, 6.45) is 0.990. The van der Waals surface area contributed by atoms with Gasteiger partial charge < -0.3 is 4.74 Å². The van der Waals surface area contributed by atoms with Crippen molar-refractivity contribution in [2.75, 3.05) is 7.11 Å². The monoisotopic (exact) mass is 193 g/mol. The van der Waals surface area contributed by atoms with E-state index in [2.05, 4.69) is 31.8 Å². The lowest BCUT2D eigenvalue weighted by atomic mass is 9.88. The fourth-order valence-electron chi connectivity index (χ4n) is 1.44. The van der Waals surface area contributed by atoms with Gasteiger partial charge in [0.1, 0.15) is 0 Å². The second-order valence-electron chi connectivity index (χ2n) is 4.86. The molecule has 0 aliphatic heterocycles. The van der Waals surface area contributed by atoms with Crippen LogP contribution in [0.5, 0.6) is 5.88 Å². The topological polar surface area (TPSA) is 22.1 Å². The molecule has 0 aromatic carbocycles. The van der Waals surface area contributed by atoms with Crippen molar-refractivity contribution in [1.82, 2.24) is 4.98 Å². The van der Waals surface area contributed by atoms with E-state index in [4.69, 9.17) is 4.74 Å². The van der Waals surface area contributed by atoms with Crippen molar-refractivity contribution in [1.29, 1.82) is 0 Å². The molecule has 0 saturated carbocycles. The molecule has 0 saturated heterocycles. The third-order valence-electron chi connectivity index (χ3n) is 1.99. The quantitative estimate of drug-likeness (QED) is 0.720. The summed E-state index contributed by atoms with van der Waals surface area (Å²) in [6, 6.07) is 4.13. The zero-order chi connectivity index (χ0) is 10.8. The van der Waals surface area contributed by atoms with Crippen LogP contribution in [0.25, 0.3) is 0 Å². The molecule has 0 spiro atoms. The van der Waals surface area contributed by atoms with Crippen LogP contribution >= 0.6 is 0 Å². The molecule has 0 N–H and O–H groups in total. The summed E-state index contributed by atoms with van der Waals surface area (Å²) in [4.78, 5) is 4.35. The van der Waals surface area contributed by atoms with E-state index < -0.39 is 0 Å². The Morgan fingerprint density at radius 3 is 2.43 bits per heavy atom. The van der Waals surface area contributed by atoms with Crippen molar-refractivity contribution >= 4 is 0 Å². The van der Waals surface area contributed by atoms with E-state index in [9.17, 15) is 0 Å². The number of aryl methyl sites for hydroxylation is 1. The predicted molar refractivity (Wildman–Crippen MR) is 58.7 cm³/mol. The van der Waals surface area contributed by atoms with E-state index >= 15 is 0 Å². The molecule has 0 aliphatic carbocycles. The molecular formula is C12H19NO. The summed E-state index contributed by atoms with van der Waals surface area (Å²) in [5.41, 5.74) is 2.45. The van der Waals surface area contributed by atoms with Gasteiger partial charge in [-0.1, -0.05) is 26.8 Å². The minimum atomic E-state index is 0.268. The number of rotatable bonds is 2. The van der Waals surface area contributed by atoms with Crippen molar-refractivity contribution in [2.24, 2.45) is 5.41 Å². The summed E-state index contributed by atoms with van der Waals surface area (Å²) < 4.78 is 5.26. The number of methoxy groups -OCH3 is 1. The molecule has 0 unspecified atom stereocenters. The molecular weight excluding hydrogens is 174 g/mol. The van der Waals surface area contributed by atoms with Gasteiger partial charge in [0, 0.05) is 11.3 Å². The summed E-state index contributed by atoms with van der Waals surface area (Å²) >= 11 is 0. The van der Waals surface area contributed by atoms with Gasteiger partial charge in [0.25, 0.3) is 0 Å². The van der Waals surface area contributed by atoms with Crippen LogP contribution in [0.1, 0.15) is 32.0 Å². The lowest BCUT2D eigenvalue weighted by Crippen LogP contribution is -2.10. The first-order valence-electron chi connectivity index (χ1n) is 4.93. The van der Waals surface area contributed by atoms with E-state index in [1.54, 1.807) is 7.11 Å². The van der Waals surface area contributed by atoms with Crippen LogP contribution in [0.15, 0.2) is 12.1 Å². The number of nitrogens with zero attached hydrogens (tertiary/aromatic N) is 1. The first-order chi connectivity index (χ1) is 6.42. The van der Waals surface area contributed by atoms with E-state index in [1.165, 1.54) is 5.56 Å². The molecule has 0 atom stereocenters. The van der Waals surface area contributed by atoms with Gasteiger partial charge >= 0.3 is 0 Å². The van der Waals surface area contributed by atoms with Gasteiger partial charge in [-0.3, -0.25) is 0 Å². The van der Waals surface area contributed by atoms with Gasteiger partial charge in [-0.15, -0.1) is 0 Å². The fourth-order valence-corrected chi connectivity index (χ4v) is 1.44. The highest BCUT2D eigenvalue weighted by molar-refractivity contribution is 5.28. The molecule has 0 bridgehead atoms. The van der Waals surface area contributed by atoms with Gasteiger partial charge in [-0.05, 0) is 24.8 Å². The van der Waals surface area contributed by atoms with Crippen LogP contribution in [-0.4, -0.2) is 12.1 Å². The van der Waals surface area contributed by atoms with Crippen LogP contribution in [0.4, 0.5) is 0 Å². The van der Waals surface area contributed by atoms with Crippen LogP contribution in [0.2, 0.25) is 0 Å². The molecule has 2 heteroatoms. The number of pyridine rings is 1. The third-order valence-corrected chi connectivity index (χ3v) is 1.99. The van der Waals surface area contributed by atoms with Crippen LogP contribution in [-0.2, 0) is 6.42 Å². The second kappa shape index (κ2) is 3.99. The Morgan fingerprint density at radius 2 is 1.93 bits per heavy atom. The Kier molecular flexibility index (Phi) is 3.14. The number of hydrogen-bond acceptors (Lipinski definition) is 2. The van der Waals surface area contributed by atoms with E-state index in [-0.39, 0.29) is 5.41 Å². The lowest BCUT2D eigenvalue weighted by molar-refractivity contribution is 0.367. The van der Waals surface area contributed by atoms with Crippen molar-refractivity contribution < 1.29 is 4.74 Å². The minimum absolute atomic E-state index is 0.268. The average molecular weight is 193 g/mol. The average Bonchev–Trinajstić information content (AvgIpc) is 2.06. The standard InChI is InChI=1S/C12H19NO/c1-9-6-7-10(8-12(2,3)4)11(13-9)14-5/h6-7H,8H2,1-5H3. The highest BCUT2D eigenvalue weighted by atomic mass is 16.5. The van der Waals surface area contributed by atoms with E-state index in [0.717, 1.165) is 18.0 Å². The molecule has 0 amide bonds. The Balaban J connectivity index is 2.97. The van der Waals surface area contributed by atoms with Gasteiger partial charge in [0.2, 0.25) is 5.88 Å². The Morgan fingerprint density at radius 1 is 1.29 bits per heavy atom. The predicted octanol–water partition coefficient (Wildman–Crippen LogP) is 2.99. The second-order valence-corrected chi connectivity index (χ2v) is 4.86. The zero-order valence-corrected chi connectivity index (χ0v) is 9.72. The van der Waals surface area contributed by atoms with Gasteiger partial charge in [0.15, 0.2) is 0 Å². The Labute approximate surface area is 86.3 Å². The maximum absolute atomic E-state index is 5.26. The summed E-state index contributed by atoms with van der Waals surface area (Å²) in [5, 5.41) is 0. The van der Waals surface area contributed by atoms with Gasteiger partial charge in [-0.25, -0.2) is 4.98 Å². The first-order valence-corrected chi connectivity index (χ1v) is 4.93. The zero-order valence-electron chi connectivity index (χ0n) is 9.72. The van der Waals surface area contributed by atoms with Crippen molar-refractivity contribution in [3.8, 4) is 5.88 Å². The van der Waals surface area contributed by atoms with E-state index in [1.807, 2.05) is 13.0 Å². The van der Waals surface area contributed by atoms with Crippen LogP contribution in [0.3, 0.4) is 0 Å². The number of aromatic nitrogens is 1. The lowest BCUT2D eigenvalue weighted by Gasteiger charge is -2.19.